The smallest absolute Gasteiger partial charge is 0.0565 e. The van der Waals surface area contributed by atoms with Gasteiger partial charge in [-0.25, -0.2) is 0 Å². The summed E-state index contributed by atoms with van der Waals surface area (Å²) in [4.78, 5) is 13.2. The second-order valence-electron chi connectivity index (χ2n) is 10.7. The van der Waals surface area contributed by atoms with Crippen molar-refractivity contribution in [3.05, 3.63) is 52.0 Å². The molecule has 0 saturated heterocycles. The predicted octanol–water partition coefficient (Wildman–Crippen LogP) is 11.3. The molecule has 1 heterocycles. The highest BCUT2D eigenvalue weighted by Gasteiger charge is 2.13. The van der Waals surface area contributed by atoms with Crippen LogP contribution in [0.3, 0.4) is 0 Å². The fourth-order valence-electron chi connectivity index (χ4n) is 3.47. The van der Waals surface area contributed by atoms with Gasteiger partial charge in [0.2, 0.25) is 0 Å². The number of rotatable bonds is 12. The van der Waals surface area contributed by atoms with Crippen molar-refractivity contribution < 1.29 is 0 Å². The van der Waals surface area contributed by atoms with Gasteiger partial charge in [-0.15, -0.1) is 0 Å². The normalized spacial score (nSPS) is 13.2. The van der Waals surface area contributed by atoms with Gasteiger partial charge in [-0.05, 0) is 72.2 Å². The summed E-state index contributed by atoms with van der Waals surface area (Å²) in [6.07, 6.45) is 16.2. The Bertz CT molecular complexity index is 802. The first kappa shape index (κ1) is 41.7. The number of aliphatic imine (C=N–C) groups is 2. The molecular formula is C34H63BrN4. The standard InChI is InChI=1S/C22H33BrN4.C7H16.C3H8.C2H6/c1-6-8-11-20(7-2)22(27-18(4)21(23)16-24-5)13-17(3)26-15-19-10-9-12-25-14-19;1-5-6-7(2,3)4;1-3-2;1-2/h9-10,12-14,16,20,26H,6-8,11,15H2,1-5H3;5-6H2,1-4H3;3H2,1-2H3;1-2H3/b17-13+,21-18-,24-16?,27-22+;;;. The SMILES string of the molecule is CC.CCC.CCCC(C)(C)C.CCCCC(CC)C(/C=C(\C)NCc1cccnc1)=N/C(C)=C(\Br)C=NC. The predicted molar refractivity (Wildman–Crippen MR) is 183 cm³/mol. The Kier molecular flexibility index (Phi) is 29.7. The zero-order valence-electron chi connectivity index (χ0n) is 27.9. The van der Waals surface area contributed by atoms with Crippen molar-refractivity contribution >= 4 is 27.9 Å². The number of pyridine rings is 1. The maximum absolute atomic E-state index is 4.94. The third-order valence-electron chi connectivity index (χ3n) is 5.36. The molecule has 0 aliphatic carbocycles. The molecule has 0 radical (unpaired) electrons. The molecule has 39 heavy (non-hydrogen) atoms. The van der Waals surface area contributed by atoms with Gasteiger partial charge in [0, 0.05) is 49.5 Å². The molecule has 1 rings (SSSR count). The molecule has 1 atom stereocenters. The van der Waals surface area contributed by atoms with Crippen LogP contribution in [0.4, 0.5) is 0 Å². The fraction of sp³-hybridized carbons (Fsp3) is 0.676. The van der Waals surface area contributed by atoms with Gasteiger partial charge in [-0.1, -0.05) is 101 Å². The number of nitrogens with one attached hydrogen (secondary N) is 1. The molecule has 226 valence electrons. The largest absolute Gasteiger partial charge is 0.384 e. The minimum Gasteiger partial charge on any atom is -0.384 e. The van der Waals surface area contributed by atoms with Gasteiger partial charge in [-0.2, -0.15) is 0 Å². The topological polar surface area (TPSA) is 49.6 Å². The van der Waals surface area contributed by atoms with E-state index in [0.717, 1.165) is 41.0 Å². The van der Waals surface area contributed by atoms with Gasteiger partial charge in [0.15, 0.2) is 0 Å². The van der Waals surface area contributed by atoms with Crippen molar-refractivity contribution in [2.45, 2.75) is 135 Å². The Hall–Kier alpha value is -1.75. The first-order chi connectivity index (χ1) is 18.5. The number of nitrogens with zero attached hydrogens (tertiary/aromatic N) is 3. The van der Waals surface area contributed by atoms with E-state index in [2.05, 4.69) is 106 Å². The lowest BCUT2D eigenvalue weighted by atomic mass is 9.91. The quantitative estimate of drug-likeness (QED) is 0.240. The minimum atomic E-state index is 0.453. The number of halogens is 1. The Morgan fingerprint density at radius 3 is 2.10 bits per heavy atom. The van der Waals surface area contributed by atoms with Gasteiger partial charge >= 0.3 is 0 Å². The molecule has 0 amide bonds. The molecule has 1 unspecified atom stereocenters. The molecule has 1 aromatic rings. The van der Waals surface area contributed by atoms with E-state index < -0.39 is 0 Å². The van der Waals surface area contributed by atoms with Crippen molar-refractivity contribution in [2.75, 3.05) is 7.05 Å². The van der Waals surface area contributed by atoms with E-state index in [1.165, 1.54) is 37.7 Å². The first-order valence-electron chi connectivity index (χ1n) is 15.2. The zero-order valence-corrected chi connectivity index (χ0v) is 29.5. The van der Waals surface area contributed by atoms with Crippen LogP contribution in [0.1, 0.15) is 134 Å². The second-order valence-corrected chi connectivity index (χ2v) is 11.5. The van der Waals surface area contributed by atoms with E-state index in [0.29, 0.717) is 11.3 Å². The van der Waals surface area contributed by atoms with Gasteiger partial charge in [-0.3, -0.25) is 15.0 Å². The van der Waals surface area contributed by atoms with E-state index in [1.807, 2.05) is 33.0 Å². The molecule has 5 heteroatoms. The Balaban J connectivity index is -0.000000907. The molecule has 4 nitrogen and oxygen atoms in total. The number of allylic oxidation sites excluding steroid dienone is 4. The number of hydrogen-bond acceptors (Lipinski definition) is 4. The molecule has 0 aliphatic rings. The van der Waals surface area contributed by atoms with E-state index in [9.17, 15) is 0 Å². The van der Waals surface area contributed by atoms with Crippen LogP contribution < -0.4 is 5.32 Å². The van der Waals surface area contributed by atoms with Crippen molar-refractivity contribution in [2.24, 2.45) is 21.3 Å². The maximum atomic E-state index is 4.94. The summed E-state index contributed by atoms with van der Waals surface area (Å²) in [5.41, 5.74) is 4.90. The summed E-state index contributed by atoms with van der Waals surface area (Å²) in [5.74, 6) is 0.453. The van der Waals surface area contributed by atoms with Crippen molar-refractivity contribution in [1.29, 1.82) is 0 Å². The Labute approximate surface area is 252 Å². The summed E-state index contributed by atoms with van der Waals surface area (Å²) in [6, 6.07) is 4.04. The lowest BCUT2D eigenvalue weighted by molar-refractivity contribution is 0.373. The lowest BCUT2D eigenvalue weighted by Crippen LogP contribution is -2.17. The third-order valence-corrected chi connectivity index (χ3v) is 6.14. The summed E-state index contributed by atoms with van der Waals surface area (Å²) in [7, 11) is 1.77. The van der Waals surface area contributed by atoms with Crippen molar-refractivity contribution in [3.63, 3.8) is 0 Å². The Morgan fingerprint density at radius 2 is 1.69 bits per heavy atom. The van der Waals surface area contributed by atoms with E-state index in [-0.39, 0.29) is 0 Å². The lowest BCUT2D eigenvalue weighted by Gasteiger charge is -2.17. The van der Waals surface area contributed by atoms with Crippen LogP contribution in [0.25, 0.3) is 0 Å². The van der Waals surface area contributed by atoms with E-state index >= 15 is 0 Å². The van der Waals surface area contributed by atoms with Crippen LogP contribution in [0.2, 0.25) is 0 Å². The monoisotopic (exact) mass is 606 g/mol. The first-order valence-corrected chi connectivity index (χ1v) is 16.0. The highest BCUT2D eigenvalue weighted by molar-refractivity contribution is 9.12. The van der Waals surface area contributed by atoms with Gasteiger partial charge < -0.3 is 5.32 Å². The van der Waals surface area contributed by atoms with E-state index in [1.54, 1.807) is 19.5 Å². The summed E-state index contributed by atoms with van der Waals surface area (Å²) in [6.45, 7) is 26.7. The Morgan fingerprint density at radius 1 is 1.08 bits per heavy atom. The maximum Gasteiger partial charge on any atom is 0.0565 e. The highest BCUT2D eigenvalue weighted by Crippen LogP contribution is 2.20. The number of unbranched alkanes of at least 4 members (excludes halogenated alkanes) is 1. The molecular weight excluding hydrogens is 544 g/mol. The average molecular weight is 608 g/mol. The number of aromatic nitrogens is 1. The molecule has 0 bridgehead atoms. The van der Waals surface area contributed by atoms with Crippen LogP contribution in [0.5, 0.6) is 0 Å². The second kappa shape index (κ2) is 27.8. The highest BCUT2D eigenvalue weighted by atomic mass is 79.9. The molecule has 0 aromatic carbocycles. The summed E-state index contributed by atoms with van der Waals surface area (Å²) in [5, 5.41) is 3.48. The van der Waals surface area contributed by atoms with Gasteiger partial charge in [0.25, 0.3) is 0 Å². The molecule has 0 saturated carbocycles. The van der Waals surface area contributed by atoms with Crippen LogP contribution in [0, 0.1) is 11.3 Å². The van der Waals surface area contributed by atoms with E-state index in [4.69, 9.17) is 4.99 Å². The van der Waals surface area contributed by atoms with Crippen LogP contribution >= 0.6 is 15.9 Å². The summed E-state index contributed by atoms with van der Waals surface area (Å²) >= 11 is 3.56. The molecule has 1 aromatic heterocycles. The number of hydrogen-bond donors (Lipinski definition) is 1. The molecule has 0 spiro atoms. The van der Waals surface area contributed by atoms with Gasteiger partial charge in [0.05, 0.1) is 10.2 Å². The third kappa shape index (κ3) is 26.2. The van der Waals surface area contributed by atoms with Crippen molar-refractivity contribution in [3.8, 4) is 0 Å². The molecule has 0 aliphatic heterocycles. The molecule has 0 fully saturated rings. The van der Waals surface area contributed by atoms with Crippen molar-refractivity contribution in [1.82, 2.24) is 10.3 Å². The zero-order chi connectivity index (χ0) is 30.7. The summed E-state index contributed by atoms with van der Waals surface area (Å²) < 4.78 is 0.919. The average Bonchev–Trinajstić information content (AvgIpc) is 2.90. The fourth-order valence-corrected chi connectivity index (χ4v) is 3.77. The molecule has 1 N–H and O–H groups in total. The van der Waals surface area contributed by atoms with Gasteiger partial charge in [0.1, 0.15) is 0 Å². The van der Waals surface area contributed by atoms with Crippen LogP contribution in [-0.4, -0.2) is 24.0 Å². The van der Waals surface area contributed by atoms with Crippen LogP contribution in [0.15, 0.2) is 56.5 Å². The van der Waals surface area contributed by atoms with Crippen LogP contribution in [-0.2, 0) is 6.54 Å². The minimum absolute atomic E-state index is 0.453.